The van der Waals surface area contributed by atoms with Crippen molar-refractivity contribution in [3.8, 4) is 28.6 Å². The van der Waals surface area contributed by atoms with E-state index in [0.29, 0.717) is 11.7 Å². The Kier molecular flexibility index (Phi) is 7.02. The van der Waals surface area contributed by atoms with Crippen LogP contribution in [-0.2, 0) is 6.42 Å². The molecule has 0 saturated heterocycles. The summed E-state index contributed by atoms with van der Waals surface area (Å²) in [5.74, 6) is 2.49. The molecule has 0 aliphatic heterocycles. The van der Waals surface area contributed by atoms with Gasteiger partial charge in [0.15, 0.2) is 0 Å². The molecule has 8 heteroatoms. The SMILES string of the molecule is CCNc1cc(-c2nc(-c3cc(C)c(OCC(O)CN)c(CC)c3)no2)cc(C)n1. The minimum Gasteiger partial charge on any atom is -0.490 e. The van der Waals surface area contributed by atoms with E-state index in [1.807, 2.05) is 45.0 Å². The first-order valence-corrected chi connectivity index (χ1v) is 10.2. The lowest BCUT2D eigenvalue weighted by atomic mass is 10.0. The number of benzene rings is 1. The third-order valence-electron chi connectivity index (χ3n) is 4.67. The molecular weight excluding hydrogens is 382 g/mol. The molecule has 1 unspecified atom stereocenters. The number of ether oxygens (including phenoxy) is 1. The van der Waals surface area contributed by atoms with Crippen LogP contribution in [0.1, 0.15) is 30.7 Å². The van der Waals surface area contributed by atoms with E-state index in [9.17, 15) is 5.11 Å². The molecule has 3 rings (SSSR count). The summed E-state index contributed by atoms with van der Waals surface area (Å²) < 4.78 is 11.4. The van der Waals surface area contributed by atoms with Gasteiger partial charge in [-0.1, -0.05) is 12.1 Å². The summed E-state index contributed by atoms with van der Waals surface area (Å²) >= 11 is 0. The molecule has 1 atom stereocenters. The number of rotatable bonds is 9. The van der Waals surface area contributed by atoms with Gasteiger partial charge in [-0.25, -0.2) is 4.98 Å². The van der Waals surface area contributed by atoms with Gasteiger partial charge in [0, 0.05) is 29.9 Å². The molecule has 0 bridgehead atoms. The average Bonchev–Trinajstić information content (AvgIpc) is 3.22. The van der Waals surface area contributed by atoms with Gasteiger partial charge in [0.2, 0.25) is 5.82 Å². The van der Waals surface area contributed by atoms with E-state index in [-0.39, 0.29) is 13.2 Å². The summed E-state index contributed by atoms with van der Waals surface area (Å²) in [6.07, 6.45) is 0.0766. The summed E-state index contributed by atoms with van der Waals surface area (Å²) in [5.41, 5.74) is 9.95. The molecular formula is C22H29N5O3. The molecule has 0 fully saturated rings. The van der Waals surface area contributed by atoms with Gasteiger partial charge in [-0.3, -0.25) is 0 Å². The van der Waals surface area contributed by atoms with Gasteiger partial charge < -0.3 is 25.4 Å². The van der Waals surface area contributed by atoms with Gasteiger partial charge in [0.05, 0.1) is 0 Å². The van der Waals surface area contributed by atoms with Crippen LogP contribution in [0.4, 0.5) is 5.82 Å². The average molecular weight is 412 g/mol. The number of pyridine rings is 1. The molecule has 30 heavy (non-hydrogen) atoms. The molecule has 1 aromatic carbocycles. The smallest absolute Gasteiger partial charge is 0.258 e. The van der Waals surface area contributed by atoms with Crippen molar-refractivity contribution in [1.29, 1.82) is 0 Å². The van der Waals surface area contributed by atoms with Crippen LogP contribution in [0.15, 0.2) is 28.8 Å². The van der Waals surface area contributed by atoms with Crippen molar-refractivity contribution in [3.05, 3.63) is 41.1 Å². The standard InChI is InChI=1S/C22H29N5O3/c1-5-15-9-16(7-13(3)20(15)29-12-18(28)11-23)21-26-22(30-27-21)17-8-14(4)25-19(10-17)24-6-2/h7-10,18,28H,5-6,11-12,23H2,1-4H3,(H,24,25). The fourth-order valence-corrected chi connectivity index (χ4v) is 3.21. The lowest BCUT2D eigenvalue weighted by molar-refractivity contribution is 0.113. The molecule has 2 aromatic heterocycles. The topological polar surface area (TPSA) is 119 Å². The fraction of sp³-hybridized carbons (Fsp3) is 0.409. The summed E-state index contributed by atoms with van der Waals surface area (Å²) in [6, 6.07) is 7.77. The van der Waals surface area contributed by atoms with Crippen molar-refractivity contribution < 1.29 is 14.4 Å². The van der Waals surface area contributed by atoms with E-state index in [2.05, 4.69) is 27.4 Å². The highest BCUT2D eigenvalue weighted by molar-refractivity contribution is 5.65. The summed E-state index contributed by atoms with van der Waals surface area (Å²) in [4.78, 5) is 9.05. The largest absolute Gasteiger partial charge is 0.490 e. The Morgan fingerprint density at radius 1 is 1.13 bits per heavy atom. The molecule has 160 valence electrons. The minimum atomic E-state index is -0.690. The predicted molar refractivity (Wildman–Crippen MR) is 117 cm³/mol. The zero-order valence-electron chi connectivity index (χ0n) is 17.9. The van der Waals surface area contributed by atoms with E-state index in [4.69, 9.17) is 15.0 Å². The van der Waals surface area contributed by atoms with Gasteiger partial charge in [0.1, 0.15) is 24.3 Å². The molecule has 0 saturated carbocycles. The highest BCUT2D eigenvalue weighted by Gasteiger charge is 2.16. The molecule has 0 aliphatic carbocycles. The molecule has 3 aromatic rings. The minimum absolute atomic E-state index is 0.158. The van der Waals surface area contributed by atoms with Crippen LogP contribution in [0.5, 0.6) is 5.75 Å². The second-order valence-electron chi connectivity index (χ2n) is 7.17. The lowest BCUT2D eigenvalue weighted by Crippen LogP contribution is -2.27. The van der Waals surface area contributed by atoms with Gasteiger partial charge in [-0.05, 0) is 62.6 Å². The Morgan fingerprint density at radius 2 is 1.93 bits per heavy atom. The Balaban J connectivity index is 1.91. The van der Waals surface area contributed by atoms with E-state index in [1.165, 1.54) is 0 Å². The third-order valence-corrected chi connectivity index (χ3v) is 4.67. The van der Waals surface area contributed by atoms with Crippen molar-refractivity contribution in [2.75, 3.05) is 25.0 Å². The van der Waals surface area contributed by atoms with E-state index in [0.717, 1.165) is 52.5 Å². The Labute approximate surface area is 176 Å². The Morgan fingerprint density at radius 3 is 2.63 bits per heavy atom. The summed E-state index contributed by atoms with van der Waals surface area (Å²) in [6.45, 7) is 9.06. The van der Waals surface area contributed by atoms with Crippen LogP contribution in [0.25, 0.3) is 22.8 Å². The number of aliphatic hydroxyl groups is 1. The number of anilines is 1. The zero-order chi connectivity index (χ0) is 21.7. The highest BCUT2D eigenvalue weighted by atomic mass is 16.5. The van der Waals surface area contributed by atoms with Crippen molar-refractivity contribution >= 4 is 5.82 Å². The second kappa shape index (κ2) is 9.69. The molecule has 0 aliphatic rings. The maximum absolute atomic E-state index is 9.70. The van der Waals surface area contributed by atoms with E-state index in [1.54, 1.807) is 0 Å². The molecule has 8 nitrogen and oxygen atoms in total. The Hall–Kier alpha value is -2.97. The monoisotopic (exact) mass is 411 g/mol. The van der Waals surface area contributed by atoms with Gasteiger partial charge in [-0.2, -0.15) is 4.98 Å². The van der Waals surface area contributed by atoms with Crippen LogP contribution in [0, 0.1) is 13.8 Å². The first-order valence-electron chi connectivity index (χ1n) is 10.2. The number of nitrogens with one attached hydrogen (secondary N) is 1. The normalized spacial score (nSPS) is 12.1. The second-order valence-corrected chi connectivity index (χ2v) is 7.17. The first-order chi connectivity index (χ1) is 14.4. The fourth-order valence-electron chi connectivity index (χ4n) is 3.21. The van der Waals surface area contributed by atoms with Gasteiger partial charge in [-0.15, -0.1) is 0 Å². The zero-order valence-corrected chi connectivity index (χ0v) is 17.9. The third kappa shape index (κ3) is 4.95. The lowest BCUT2D eigenvalue weighted by Gasteiger charge is -2.16. The maximum atomic E-state index is 9.70. The quantitative estimate of drug-likeness (QED) is 0.491. The van der Waals surface area contributed by atoms with Crippen LogP contribution >= 0.6 is 0 Å². The van der Waals surface area contributed by atoms with Crippen LogP contribution in [0.2, 0.25) is 0 Å². The number of aromatic nitrogens is 3. The summed E-state index contributed by atoms with van der Waals surface area (Å²) in [5, 5.41) is 17.1. The number of hydrogen-bond donors (Lipinski definition) is 3. The first kappa shape index (κ1) is 21.7. The molecule has 2 heterocycles. The number of nitrogens with two attached hydrogens (primary N) is 1. The highest BCUT2D eigenvalue weighted by Crippen LogP contribution is 2.31. The molecule has 0 radical (unpaired) electrons. The molecule has 4 N–H and O–H groups in total. The van der Waals surface area contributed by atoms with Crippen molar-refractivity contribution in [2.45, 2.75) is 40.2 Å². The maximum Gasteiger partial charge on any atom is 0.258 e. The summed E-state index contributed by atoms with van der Waals surface area (Å²) in [7, 11) is 0. The van der Waals surface area contributed by atoms with Crippen molar-refractivity contribution in [3.63, 3.8) is 0 Å². The van der Waals surface area contributed by atoms with E-state index >= 15 is 0 Å². The number of nitrogens with zero attached hydrogens (tertiary/aromatic N) is 3. The number of aliphatic hydroxyl groups excluding tert-OH is 1. The van der Waals surface area contributed by atoms with Crippen LogP contribution in [-0.4, -0.2) is 46.0 Å². The predicted octanol–water partition coefficient (Wildman–Crippen LogP) is 3.11. The van der Waals surface area contributed by atoms with Gasteiger partial charge in [0.25, 0.3) is 5.89 Å². The number of hydrogen-bond acceptors (Lipinski definition) is 8. The Bertz CT molecular complexity index is 1000. The van der Waals surface area contributed by atoms with Gasteiger partial charge >= 0.3 is 0 Å². The van der Waals surface area contributed by atoms with E-state index < -0.39 is 6.10 Å². The number of aryl methyl sites for hydroxylation is 3. The van der Waals surface area contributed by atoms with Crippen molar-refractivity contribution in [2.24, 2.45) is 5.73 Å². The van der Waals surface area contributed by atoms with Crippen LogP contribution < -0.4 is 15.8 Å². The van der Waals surface area contributed by atoms with Crippen molar-refractivity contribution in [1.82, 2.24) is 15.1 Å². The molecule has 0 spiro atoms. The molecule has 0 amide bonds. The van der Waals surface area contributed by atoms with Crippen LogP contribution in [0.3, 0.4) is 0 Å².